The topological polar surface area (TPSA) is 84.9 Å². The first-order valence-electron chi connectivity index (χ1n) is 11.0. The Labute approximate surface area is 190 Å². The van der Waals surface area contributed by atoms with Crippen LogP contribution in [-0.2, 0) is 14.8 Å². The van der Waals surface area contributed by atoms with Gasteiger partial charge in [0.2, 0.25) is 10.0 Å². The zero-order chi connectivity index (χ0) is 23.3. The number of hydrogen-bond acceptors (Lipinski definition) is 5. The maximum atomic E-state index is 13.2. The minimum absolute atomic E-state index is 0.0585. The van der Waals surface area contributed by atoms with Crippen molar-refractivity contribution < 1.29 is 22.7 Å². The number of ether oxygens (including phenoxy) is 2. The first-order chi connectivity index (χ1) is 15.3. The number of hydrogen-bond donors (Lipinski definition) is 1. The van der Waals surface area contributed by atoms with E-state index in [0.717, 1.165) is 30.4 Å². The molecule has 8 heteroatoms. The number of nitrogens with zero attached hydrogens (tertiary/aromatic N) is 1. The summed E-state index contributed by atoms with van der Waals surface area (Å²) in [5.41, 5.74) is 2.37. The molecule has 1 aliphatic heterocycles. The van der Waals surface area contributed by atoms with E-state index < -0.39 is 16.1 Å². The van der Waals surface area contributed by atoms with Gasteiger partial charge >= 0.3 is 0 Å². The Bertz CT molecular complexity index is 1060. The third-order valence-electron chi connectivity index (χ3n) is 5.64. The number of methoxy groups -OCH3 is 1. The van der Waals surface area contributed by atoms with Gasteiger partial charge in [0.05, 0.1) is 7.11 Å². The number of aryl methyl sites for hydroxylation is 2. The Morgan fingerprint density at radius 3 is 2.44 bits per heavy atom. The number of sulfonamides is 1. The van der Waals surface area contributed by atoms with Crippen molar-refractivity contribution in [3.8, 4) is 11.5 Å². The predicted octanol–water partition coefficient (Wildman–Crippen LogP) is 4.28. The minimum atomic E-state index is -3.72. The maximum absolute atomic E-state index is 13.2. The van der Waals surface area contributed by atoms with Crippen molar-refractivity contribution in [3.63, 3.8) is 0 Å². The van der Waals surface area contributed by atoms with E-state index in [9.17, 15) is 13.2 Å². The van der Waals surface area contributed by atoms with Crippen LogP contribution in [-0.4, -0.2) is 44.9 Å². The van der Waals surface area contributed by atoms with Crippen molar-refractivity contribution in [1.29, 1.82) is 0 Å². The standard InChI is InChI=1S/C24H32N2O5S/c1-5-20(31-22-15-17(2)9-10-18(22)3)24(27)25-19-11-12-21(30-4)23(16-19)32(28,29)26-13-7-6-8-14-26/h9-12,15-16,20H,5-8,13-14H2,1-4H3,(H,25,27). The molecule has 1 N–H and O–H groups in total. The highest BCUT2D eigenvalue weighted by Gasteiger charge is 2.29. The molecule has 1 saturated heterocycles. The quantitative estimate of drug-likeness (QED) is 0.635. The summed E-state index contributed by atoms with van der Waals surface area (Å²) >= 11 is 0. The number of carbonyl (C=O) groups excluding carboxylic acids is 1. The molecule has 0 spiro atoms. The van der Waals surface area contributed by atoms with Gasteiger partial charge < -0.3 is 14.8 Å². The SMILES string of the molecule is CCC(Oc1cc(C)ccc1C)C(=O)Nc1ccc(OC)c(S(=O)(=O)N2CCCCC2)c1. The van der Waals surface area contributed by atoms with E-state index in [2.05, 4.69) is 5.32 Å². The zero-order valence-corrected chi connectivity index (χ0v) is 20.0. The summed E-state index contributed by atoms with van der Waals surface area (Å²) in [6.45, 7) is 6.75. The molecule has 1 amide bonds. The van der Waals surface area contributed by atoms with Gasteiger partial charge in [-0.15, -0.1) is 0 Å². The molecule has 0 bridgehead atoms. The molecular weight excluding hydrogens is 428 g/mol. The van der Waals surface area contributed by atoms with Crippen molar-refractivity contribution in [2.24, 2.45) is 0 Å². The summed E-state index contributed by atoms with van der Waals surface area (Å²) in [6, 6.07) is 10.5. The van der Waals surface area contributed by atoms with Crippen LogP contribution in [0.2, 0.25) is 0 Å². The number of amides is 1. The molecule has 0 aromatic heterocycles. The van der Waals surface area contributed by atoms with Crippen LogP contribution in [0.4, 0.5) is 5.69 Å². The van der Waals surface area contributed by atoms with Crippen molar-refractivity contribution in [1.82, 2.24) is 4.31 Å². The van der Waals surface area contributed by atoms with Crippen LogP contribution < -0.4 is 14.8 Å². The lowest BCUT2D eigenvalue weighted by Crippen LogP contribution is -2.36. The maximum Gasteiger partial charge on any atom is 0.265 e. The Morgan fingerprint density at radius 1 is 1.06 bits per heavy atom. The van der Waals surface area contributed by atoms with Gasteiger partial charge in [-0.25, -0.2) is 8.42 Å². The van der Waals surface area contributed by atoms with E-state index in [4.69, 9.17) is 9.47 Å². The number of anilines is 1. The zero-order valence-electron chi connectivity index (χ0n) is 19.2. The Balaban J connectivity index is 1.82. The third kappa shape index (κ3) is 5.42. The molecule has 2 aromatic carbocycles. The van der Waals surface area contributed by atoms with E-state index in [0.29, 0.717) is 30.9 Å². The van der Waals surface area contributed by atoms with Crippen LogP contribution in [0.25, 0.3) is 0 Å². The van der Waals surface area contributed by atoms with Crippen molar-refractivity contribution in [2.45, 2.75) is 57.5 Å². The van der Waals surface area contributed by atoms with E-state index in [1.165, 1.54) is 17.5 Å². The lowest BCUT2D eigenvalue weighted by atomic mass is 10.1. The summed E-state index contributed by atoms with van der Waals surface area (Å²) in [7, 11) is -2.28. The normalized spacial score (nSPS) is 15.8. The number of nitrogens with one attached hydrogen (secondary N) is 1. The molecule has 1 heterocycles. The average Bonchev–Trinajstić information content (AvgIpc) is 2.80. The van der Waals surface area contributed by atoms with Crippen molar-refractivity contribution >= 4 is 21.6 Å². The Kier molecular flexibility index (Phi) is 7.79. The highest BCUT2D eigenvalue weighted by molar-refractivity contribution is 7.89. The summed E-state index contributed by atoms with van der Waals surface area (Å²) in [4.78, 5) is 13.0. The van der Waals surface area contributed by atoms with E-state index in [-0.39, 0.29) is 16.6 Å². The molecule has 174 valence electrons. The van der Waals surface area contributed by atoms with Crippen molar-refractivity contribution in [2.75, 3.05) is 25.5 Å². The largest absolute Gasteiger partial charge is 0.495 e. The third-order valence-corrected chi connectivity index (χ3v) is 7.56. The molecule has 1 unspecified atom stereocenters. The van der Waals surface area contributed by atoms with Crippen LogP contribution in [0.3, 0.4) is 0 Å². The molecule has 2 aromatic rings. The lowest BCUT2D eigenvalue weighted by Gasteiger charge is -2.26. The van der Waals surface area contributed by atoms with Gasteiger partial charge in [-0.05, 0) is 68.5 Å². The van der Waals surface area contributed by atoms with E-state index >= 15 is 0 Å². The van der Waals surface area contributed by atoms with Gasteiger partial charge in [0, 0.05) is 18.8 Å². The van der Waals surface area contributed by atoms with Gasteiger partial charge in [-0.1, -0.05) is 25.5 Å². The van der Waals surface area contributed by atoms with Gasteiger partial charge in [-0.3, -0.25) is 4.79 Å². The fourth-order valence-corrected chi connectivity index (χ4v) is 5.43. The second-order valence-electron chi connectivity index (χ2n) is 8.10. The molecule has 1 fully saturated rings. The van der Waals surface area contributed by atoms with Crippen LogP contribution in [0.1, 0.15) is 43.7 Å². The van der Waals surface area contributed by atoms with Crippen LogP contribution in [0, 0.1) is 13.8 Å². The minimum Gasteiger partial charge on any atom is -0.495 e. The molecular formula is C24H32N2O5S. The molecule has 3 rings (SSSR count). The fourth-order valence-electron chi connectivity index (χ4n) is 3.73. The van der Waals surface area contributed by atoms with Crippen molar-refractivity contribution in [3.05, 3.63) is 47.5 Å². The first kappa shape index (κ1) is 24.1. The summed E-state index contributed by atoms with van der Waals surface area (Å²) < 4.78 is 39.2. The lowest BCUT2D eigenvalue weighted by molar-refractivity contribution is -0.122. The number of piperidine rings is 1. The number of rotatable bonds is 8. The Morgan fingerprint density at radius 2 is 1.78 bits per heavy atom. The highest BCUT2D eigenvalue weighted by Crippen LogP contribution is 2.31. The molecule has 0 radical (unpaired) electrons. The predicted molar refractivity (Wildman–Crippen MR) is 125 cm³/mol. The monoisotopic (exact) mass is 460 g/mol. The van der Waals surface area contributed by atoms with E-state index in [1.54, 1.807) is 12.1 Å². The van der Waals surface area contributed by atoms with Crippen LogP contribution >= 0.6 is 0 Å². The second-order valence-corrected chi connectivity index (χ2v) is 10.0. The van der Waals surface area contributed by atoms with Gasteiger partial charge in [0.15, 0.2) is 6.10 Å². The average molecular weight is 461 g/mol. The molecule has 1 atom stereocenters. The van der Waals surface area contributed by atoms with Crippen LogP contribution in [0.5, 0.6) is 11.5 Å². The van der Waals surface area contributed by atoms with Gasteiger partial charge in [0.25, 0.3) is 5.91 Å². The van der Waals surface area contributed by atoms with Gasteiger partial charge in [0.1, 0.15) is 16.4 Å². The molecule has 1 aliphatic rings. The fraction of sp³-hybridized carbons (Fsp3) is 0.458. The highest BCUT2D eigenvalue weighted by atomic mass is 32.2. The van der Waals surface area contributed by atoms with Gasteiger partial charge in [-0.2, -0.15) is 4.31 Å². The smallest absolute Gasteiger partial charge is 0.265 e. The summed E-state index contributed by atoms with van der Waals surface area (Å²) in [6.07, 6.45) is 2.46. The Hall–Kier alpha value is -2.58. The molecule has 32 heavy (non-hydrogen) atoms. The number of carbonyl (C=O) groups is 1. The first-order valence-corrected chi connectivity index (χ1v) is 12.4. The molecule has 0 saturated carbocycles. The molecule has 7 nitrogen and oxygen atoms in total. The molecule has 0 aliphatic carbocycles. The summed E-state index contributed by atoms with van der Waals surface area (Å²) in [5.74, 6) is 0.585. The number of benzene rings is 2. The second kappa shape index (κ2) is 10.4. The van der Waals surface area contributed by atoms with Crippen LogP contribution in [0.15, 0.2) is 41.3 Å². The summed E-state index contributed by atoms with van der Waals surface area (Å²) in [5, 5.41) is 2.81. The van der Waals surface area contributed by atoms with E-state index in [1.807, 2.05) is 39.0 Å².